The molecule has 0 saturated carbocycles. The maximum Gasteiger partial charge on any atom is 0.308 e. The number of aromatic hydroxyl groups is 1. The van der Waals surface area contributed by atoms with Crippen molar-refractivity contribution in [1.82, 2.24) is 4.98 Å². The van der Waals surface area contributed by atoms with Gasteiger partial charge in [-0.2, -0.15) is 5.26 Å². The van der Waals surface area contributed by atoms with Crippen LogP contribution < -0.4 is 0 Å². The molecule has 6 heteroatoms. The molecule has 1 unspecified atom stereocenters. The first-order chi connectivity index (χ1) is 12.6. The number of nitrogens with zero attached hydrogens (tertiary/aromatic N) is 1. The van der Waals surface area contributed by atoms with Crippen LogP contribution in [0.2, 0.25) is 0 Å². The van der Waals surface area contributed by atoms with Crippen molar-refractivity contribution >= 4 is 16.9 Å². The van der Waals surface area contributed by atoms with Crippen molar-refractivity contribution in [1.29, 1.82) is 5.26 Å². The number of H-pyrrole nitrogens is 1. The lowest BCUT2D eigenvalue weighted by molar-refractivity contribution is -0.146. The van der Waals surface area contributed by atoms with Gasteiger partial charge in [0, 0.05) is 16.6 Å². The van der Waals surface area contributed by atoms with E-state index in [0.717, 1.165) is 47.0 Å². The molecule has 1 aromatic carbocycles. The Morgan fingerprint density at radius 2 is 2.31 bits per heavy atom. The summed E-state index contributed by atoms with van der Waals surface area (Å²) < 4.78 is 10.8. The fraction of sp³-hybridized carbons (Fsp3) is 0.500. The Labute approximate surface area is 152 Å². The number of carbonyl (C=O) groups is 1. The molecule has 0 fully saturated rings. The number of hydrogen-bond donors (Lipinski definition) is 2. The molecule has 0 saturated heterocycles. The molecule has 6 nitrogen and oxygen atoms in total. The molecule has 2 N–H and O–H groups in total. The van der Waals surface area contributed by atoms with Crippen molar-refractivity contribution in [3.05, 3.63) is 28.5 Å². The number of phenolic OH excluding ortho intramolecular Hbond substituents is 1. The van der Waals surface area contributed by atoms with Crippen LogP contribution in [0.1, 0.15) is 61.6 Å². The van der Waals surface area contributed by atoms with Crippen LogP contribution in [0.15, 0.2) is 6.07 Å². The minimum absolute atomic E-state index is 0.131. The van der Waals surface area contributed by atoms with Crippen LogP contribution in [0, 0.1) is 11.3 Å². The number of aryl methyl sites for hydroxylation is 1. The lowest BCUT2D eigenvalue weighted by Crippen LogP contribution is -2.20. The number of nitrogens with one attached hydrogen (secondary N) is 1. The number of phenols is 1. The second kappa shape index (κ2) is 7.79. The second-order valence-electron chi connectivity index (χ2n) is 6.52. The summed E-state index contributed by atoms with van der Waals surface area (Å²) in [7, 11) is 0. The molecule has 0 bridgehead atoms. The van der Waals surface area contributed by atoms with Crippen LogP contribution >= 0.6 is 0 Å². The first kappa shape index (κ1) is 18.3. The Morgan fingerprint density at radius 3 is 3.00 bits per heavy atom. The quantitative estimate of drug-likeness (QED) is 0.770. The van der Waals surface area contributed by atoms with E-state index in [1.54, 1.807) is 13.0 Å². The van der Waals surface area contributed by atoms with Crippen molar-refractivity contribution in [2.24, 2.45) is 0 Å². The summed E-state index contributed by atoms with van der Waals surface area (Å²) in [5.41, 5.74) is 3.89. The number of hydrogen-bond acceptors (Lipinski definition) is 5. The maximum absolute atomic E-state index is 11.9. The lowest BCUT2D eigenvalue weighted by Gasteiger charge is -2.22. The Kier molecular flexibility index (Phi) is 5.48. The molecule has 2 heterocycles. The highest BCUT2D eigenvalue weighted by Gasteiger charge is 2.30. The average Bonchev–Trinajstić information content (AvgIpc) is 3.01. The normalized spacial score (nSPS) is 16.3. The SMILES string of the molecule is CCCCc1c(O)cc(C#N)c2c3c([nH]c12)C(CC(=O)OCC)OCC3. The number of benzene rings is 1. The monoisotopic (exact) mass is 356 g/mol. The van der Waals surface area contributed by atoms with Crippen LogP contribution in [0.5, 0.6) is 5.75 Å². The number of esters is 1. The van der Waals surface area contributed by atoms with Crippen LogP contribution in [0.4, 0.5) is 0 Å². The molecular weight excluding hydrogens is 332 g/mol. The van der Waals surface area contributed by atoms with Crippen molar-refractivity contribution in [2.45, 2.75) is 52.1 Å². The molecule has 1 aromatic heterocycles. The average molecular weight is 356 g/mol. The van der Waals surface area contributed by atoms with Crippen molar-refractivity contribution in [3.8, 4) is 11.8 Å². The zero-order valence-corrected chi connectivity index (χ0v) is 15.2. The number of fused-ring (bicyclic) bond motifs is 3. The number of carbonyl (C=O) groups excluding carboxylic acids is 1. The minimum atomic E-state index is -0.419. The molecule has 26 heavy (non-hydrogen) atoms. The minimum Gasteiger partial charge on any atom is -0.508 e. The molecule has 0 aliphatic carbocycles. The topological polar surface area (TPSA) is 95.3 Å². The maximum atomic E-state index is 11.9. The number of aromatic nitrogens is 1. The van der Waals surface area contributed by atoms with E-state index in [2.05, 4.69) is 18.0 Å². The van der Waals surface area contributed by atoms with Gasteiger partial charge in [-0.15, -0.1) is 0 Å². The van der Waals surface area contributed by atoms with Gasteiger partial charge in [-0.05, 0) is 37.8 Å². The summed E-state index contributed by atoms with van der Waals surface area (Å²) in [6.07, 6.45) is 3.06. The van der Waals surface area contributed by atoms with Gasteiger partial charge < -0.3 is 19.6 Å². The van der Waals surface area contributed by atoms with Gasteiger partial charge in [-0.3, -0.25) is 4.79 Å². The number of unbranched alkanes of at least 4 members (excludes halogenated alkanes) is 1. The Balaban J connectivity index is 2.12. The molecule has 2 aromatic rings. The molecule has 0 amide bonds. The fourth-order valence-electron chi connectivity index (χ4n) is 3.65. The summed E-state index contributed by atoms with van der Waals surface area (Å²) in [4.78, 5) is 15.3. The fourth-order valence-corrected chi connectivity index (χ4v) is 3.65. The summed E-state index contributed by atoms with van der Waals surface area (Å²) in [5, 5.41) is 20.8. The van der Waals surface area contributed by atoms with Gasteiger partial charge >= 0.3 is 5.97 Å². The van der Waals surface area contributed by atoms with Gasteiger partial charge in [0.25, 0.3) is 0 Å². The second-order valence-corrected chi connectivity index (χ2v) is 6.52. The predicted octanol–water partition coefficient (Wildman–Crippen LogP) is 3.65. The number of aromatic amines is 1. The van der Waals surface area contributed by atoms with E-state index in [1.165, 1.54) is 0 Å². The molecule has 0 spiro atoms. The molecule has 1 aliphatic rings. The van der Waals surface area contributed by atoms with Gasteiger partial charge in [0.15, 0.2) is 0 Å². The largest absolute Gasteiger partial charge is 0.508 e. The van der Waals surface area contributed by atoms with Crippen LogP contribution in [-0.2, 0) is 27.1 Å². The molecular formula is C20H24N2O4. The van der Waals surface area contributed by atoms with Gasteiger partial charge in [0.1, 0.15) is 11.9 Å². The first-order valence-corrected chi connectivity index (χ1v) is 9.17. The summed E-state index contributed by atoms with van der Waals surface area (Å²) in [6, 6.07) is 3.75. The summed E-state index contributed by atoms with van der Waals surface area (Å²) >= 11 is 0. The van der Waals surface area contributed by atoms with E-state index in [-0.39, 0.29) is 18.1 Å². The van der Waals surface area contributed by atoms with E-state index in [1.807, 2.05) is 0 Å². The number of nitriles is 1. The standard InChI is InChI=1S/C20H24N2O4/c1-3-5-6-13-15(23)9-12(11-21)18-14-7-8-26-16(10-17(24)25-4-2)19(14)22-20(13)18/h9,16,22-23H,3-8,10H2,1-2H3. The first-order valence-electron chi connectivity index (χ1n) is 9.17. The third-order valence-electron chi connectivity index (χ3n) is 4.85. The van der Waals surface area contributed by atoms with E-state index in [9.17, 15) is 15.2 Å². The zero-order chi connectivity index (χ0) is 18.7. The summed E-state index contributed by atoms with van der Waals surface area (Å²) in [5.74, 6) is -0.164. The lowest BCUT2D eigenvalue weighted by atomic mass is 9.95. The van der Waals surface area contributed by atoms with E-state index in [4.69, 9.17) is 9.47 Å². The highest BCUT2D eigenvalue weighted by Crippen LogP contribution is 2.40. The van der Waals surface area contributed by atoms with Gasteiger partial charge in [-0.1, -0.05) is 13.3 Å². The van der Waals surface area contributed by atoms with Gasteiger partial charge in [0.05, 0.1) is 36.8 Å². The summed E-state index contributed by atoms with van der Waals surface area (Å²) in [6.45, 7) is 4.69. The van der Waals surface area contributed by atoms with Crippen LogP contribution in [-0.4, -0.2) is 29.3 Å². The van der Waals surface area contributed by atoms with E-state index in [0.29, 0.717) is 25.2 Å². The van der Waals surface area contributed by atoms with Crippen LogP contribution in [0.25, 0.3) is 10.9 Å². The van der Waals surface area contributed by atoms with Crippen molar-refractivity contribution in [2.75, 3.05) is 13.2 Å². The highest BCUT2D eigenvalue weighted by molar-refractivity contribution is 5.94. The predicted molar refractivity (Wildman–Crippen MR) is 96.9 cm³/mol. The third kappa shape index (κ3) is 3.27. The number of rotatable bonds is 6. The van der Waals surface area contributed by atoms with Crippen molar-refractivity contribution < 1.29 is 19.4 Å². The Bertz CT molecular complexity index is 863. The van der Waals surface area contributed by atoms with Crippen LogP contribution in [0.3, 0.4) is 0 Å². The van der Waals surface area contributed by atoms with Gasteiger partial charge in [0.2, 0.25) is 0 Å². The van der Waals surface area contributed by atoms with E-state index < -0.39 is 6.10 Å². The Morgan fingerprint density at radius 1 is 1.50 bits per heavy atom. The molecule has 0 radical (unpaired) electrons. The Hall–Kier alpha value is -2.52. The third-order valence-corrected chi connectivity index (χ3v) is 4.85. The van der Waals surface area contributed by atoms with Crippen molar-refractivity contribution in [3.63, 3.8) is 0 Å². The molecule has 1 aliphatic heterocycles. The van der Waals surface area contributed by atoms with Gasteiger partial charge in [-0.25, -0.2) is 0 Å². The smallest absolute Gasteiger partial charge is 0.308 e. The number of ether oxygens (including phenoxy) is 2. The molecule has 1 atom stereocenters. The molecule has 138 valence electrons. The highest BCUT2D eigenvalue weighted by atomic mass is 16.5. The molecule has 3 rings (SSSR count). The zero-order valence-electron chi connectivity index (χ0n) is 15.2. The van der Waals surface area contributed by atoms with E-state index >= 15 is 0 Å².